The van der Waals surface area contributed by atoms with Crippen molar-refractivity contribution in [2.75, 3.05) is 0 Å². The number of fused-ring (bicyclic) bond motifs is 2. The molecule has 3 rings (SSSR count). The van der Waals surface area contributed by atoms with Gasteiger partial charge in [0.05, 0.1) is 10.9 Å². The van der Waals surface area contributed by atoms with Crippen LogP contribution in [0.1, 0.15) is 87.9 Å². The largest absolute Gasteiger partial charge is 0.507 e. The van der Waals surface area contributed by atoms with E-state index in [1.54, 1.807) is 0 Å². The lowest BCUT2D eigenvalue weighted by Gasteiger charge is -2.43. The second-order valence-corrected chi connectivity index (χ2v) is 11.4. The Hall–Kier alpha value is -1.82. The molecule has 180 valence electrons. The van der Waals surface area contributed by atoms with E-state index < -0.39 is 33.4 Å². The second-order valence-electron chi connectivity index (χ2n) is 10.1. The van der Waals surface area contributed by atoms with E-state index in [1.807, 2.05) is 34.6 Å². The first kappa shape index (κ1) is 25.8. The van der Waals surface area contributed by atoms with Gasteiger partial charge in [-0.2, -0.15) is 0 Å². The quantitative estimate of drug-likeness (QED) is 0.335. The van der Waals surface area contributed by atoms with E-state index in [2.05, 4.69) is 6.08 Å². The molecule has 0 spiro atoms. The maximum absolute atomic E-state index is 13.7. The average molecular weight is 495 g/mol. The topological polar surface area (TPSA) is 83.8 Å². The summed E-state index contributed by atoms with van der Waals surface area (Å²) < 4.78 is 6.09. The number of hydrogen-bond acceptors (Lipinski definition) is 5. The molecule has 33 heavy (non-hydrogen) atoms. The van der Waals surface area contributed by atoms with Crippen LogP contribution in [0.2, 0.25) is 0 Å². The lowest BCUT2D eigenvalue weighted by Crippen LogP contribution is -2.62. The number of benzene rings is 1. The van der Waals surface area contributed by atoms with Crippen LogP contribution in [0.25, 0.3) is 0 Å². The molecule has 1 unspecified atom stereocenters. The third-order valence-electron chi connectivity index (χ3n) is 6.94. The smallest absolute Gasteiger partial charge is 0.197 e. The minimum atomic E-state index is -2.19. The fourth-order valence-electron chi connectivity index (χ4n) is 4.41. The van der Waals surface area contributed by atoms with Gasteiger partial charge in [0, 0.05) is 18.1 Å². The summed E-state index contributed by atoms with van der Waals surface area (Å²) >= 11 is 13.3. The standard InChI is InChI=1S/C26H32Cl2O5/c1-14(2)16-9-7-15(3)8-10-20(27)24(4,5)33-17-11-18-21(19(29)12-17)23(31)25(6,28)26(32,13-16)22(18)30/h7,11-12,20,29,32H,8-10,13H2,1-6H3/b15-7-/t20?,25-,26-/m0/s1. The average Bonchev–Trinajstić information content (AvgIpc) is 2.71. The van der Waals surface area contributed by atoms with Gasteiger partial charge in [-0.05, 0) is 66.9 Å². The minimum Gasteiger partial charge on any atom is -0.507 e. The van der Waals surface area contributed by atoms with Crippen molar-refractivity contribution in [2.45, 2.75) is 88.7 Å². The maximum atomic E-state index is 13.7. The highest BCUT2D eigenvalue weighted by atomic mass is 35.5. The first-order chi connectivity index (χ1) is 15.1. The molecule has 2 N–H and O–H groups in total. The highest BCUT2D eigenvalue weighted by molar-refractivity contribution is 6.44. The van der Waals surface area contributed by atoms with Crippen LogP contribution in [-0.2, 0) is 0 Å². The molecule has 1 aliphatic carbocycles. The molecule has 0 aromatic heterocycles. The van der Waals surface area contributed by atoms with E-state index in [4.69, 9.17) is 27.9 Å². The number of carbonyl (C=O) groups excluding carboxylic acids is 2. The predicted molar refractivity (Wildman–Crippen MR) is 131 cm³/mol. The molecule has 1 aromatic rings. The number of aliphatic hydroxyl groups is 1. The Morgan fingerprint density at radius 3 is 2.39 bits per heavy atom. The van der Waals surface area contributed by atoms with Crippen LogP contribution in [0.15, 0.2) is 34.9 Å². The lowest BCUT2D eigenvalue weighted by atomic mass is 9.67. The minimum absolute atomic E-state index is 0.0986. The van der Waals surface area contributed by atoms with Crippen LogP contribution in [0.4, 0.5) is 0 Å². The van der Waals surface area contributed by atoms with Crippen molar-refractivity contribution < 1.29 is 24.5 Å². The number of phenolic OH excluding ortho intramolecular Hbond substituents is 1. The number of ether oxygens (including phenoxy) is 1. The van der Waals surface area contributed by atoms with E-state index in [1.165, 1.54) is 19.1 Å². The van der Waals surface area contributed by atoms with Crippen molar-refractivity contribution in [1.82, 2.24) is 0 Å². The maximum Gasteiger partial charge on any atom is 0.197 e. The summed E-state index contributed by atoms with van der Waals surface area (Å²) in [5, 5.41) is 22.0. The summed E-state index contributed by atoms with van der Waals surface area (Å²) in [6, 6.07) is 2.68. The monoisotopic (exact) mass is 494 g/mol. The Kier molecular flexibility index (Phi) is 6.84. The van der Waals surface area contributed by atoms with Crippen molar-refractivity contribution >= 4 is 34.8 Å². The van der Waals surface area contributed by atoms with E-state index in [0.29, 0.717) is 12.8 Å². The molecule has 0 saturated heterocycles. The zero-order valence-electron chi connectivity index (χ0n) is 20.0. The Labute approximate surface area is 205 Å². The number of allylic oxidation sites excluding steroid dienone is 3. The Bertz CT molecular complexity index is 1060. The normalized spacial score (nSPS) is 31.8. The first-order valence-corrected chi connectivity index (χ1v) is 11.9. The van der Waals surface area contributed by atoms with Gasteiger partial charge in [-0.3, -0.25) is 9.59 Å². The van der Waals surface area contributed by atoms with Crippen molar-refractivity contribution in [3.63, 3.8) is 0 Å². The zero-order valence-corrected chi connectivity index (χ0v) is 21.5. The summed E-state index contributed by atoms with van der Waals surface area (Å²) in [4.78, 5) is 25.1. The molecule has 7 heteroatoms. The van der Waals surface area contributed by atoms with Crippen LogP contribution >= 0.6 is 23.2 Å². The van der Waals surface area contributed by atoms with Crippen molar-refractivity contribution in [3.05, 3.63) is 46.1 Å². The fourth-order valence-corrected chi connectivity index (χ4v) is 4.81. The number of aromatic hydroxyl groups is 1. The molecule has 0 amide bonds. The molecule has 1 aromatic carbocycles. The van der Waals surface area contributed by atoms with Gasteiger partial charge in [0.25, 0.3) is 0 Å². The molecule has 1 heterocycles. The van der Waals surface area contributed by atoms with Crippen molar-refractivity contribution in [3.8, 4) is 11.5 Å². The fraction of sp³-hybridized carbons (Fsp3) is 0.538. The highest BCUT2D eigenvalue weighted by Crippen LogP contribution is 2.48. The molecule has 3 atom stereocenters. The van der Waals surface area contributed by atoms with Crippen molar-refractivity contribution in [1.29, 1.82) is 0 Å². The van der Waals surface area contributed by atoms with E-state index >= 15 is 0 Å². The van der Waals surface area contributed by atoms with E-state index in [9.17, 15) is 19.8 Å². The molecule has 0 radical (unpaired) electrons. The molecule has 3 bridgehead atoms. The SMILES string of the molecule is CC(C)=C1C/C=C(/C)CCC(Cl)C(C)(C)Oc2cc(O)c3c(c2)C(=O)[C@@](O)(C1)[C@@](C)(Cl)C3=O. The molecular weight excluding hydrogens is 463 g/mol. The molecule has 0 saturated carbocycles. The van der Waals surface area contributed by atoms with Gasteiger partial charge in [0.1, 0.15) is 22.0 Å². The molecular formula is C26H32Cl2O5. The summed E-state index contributed by atoms with van der Waals surface area (Å²) in [5.41, 5.74) is -0.442. The van der Waals surface area contributed by atoms with Crippen LogP contribution in [0.3, 0.4) is 0 Å². The van der Waals surface area contributed by atoms with Crippen LogP contribution in [0.5, 0.6) is 11.5 Å². The first-order valence-electron chi connectivity index (χ1n) is 11.1. The number of phenols is 1. The van der Waals surface area contributed by atoms with Gasteiger partial charge in [-0.15, -0.1) is 23.2 Å². The molecule has 0 fully saturated rings. The van der Waals surface area contributed by atoms with Gasteiger partial charge >= 0.3 is 0 Å². The van der Waals surface area contributed by atoms with E-state index in [0.717, 1.165) is 23.1 Å². The van der Waals surface area contributed by atoms with Gasteiger partial charge in [0.2, 0.25) is 0 Å². The number of halogens is 2. The van der Waals surface area contributed by atoms with Crippen LogP contribution < -0.4 is 4.74 Å². The lowest BCUT2D eigenvalue weighted by molar-refractivity contribution is 0.00869. The molecule has 5 nitrogen and oxygen atoms in total. The van der Waals surface area contributed by atoms with E-state index in [-0.39, 0.29) is 28.7 Å². The Balaban J connectivity index is 2.28. The number of Topliss-reactive ketones (excluding diaryl/α,β-unsaturated/α-hetero) is 2. The van der Waals surface area contributed by atoms with Gasteiger partial charge in [-0.25, -0.2) is 0 Å². The number of ketones is 2. The summed E-state index contributed by atoms with van der Waals surface area (Å²) in [6.07, 6.45) is 3.88. The number of carbonyl (C=O) groups is 2. The Morgan fingerprint density at radius 2 is 1.79 bits per heavy atom. The van der Waals surface area contributed by atoms with Gasteiger partial charge in [-0.1, -0.05) is 22.8 Å². The third-order valence-corrected chi connectivity index (χ3v) is 8.17. The predicted octanol–water partition coefficient (Wildman–Crippen LogP) is 6.12. The van der Waals surface area contributed by atoms with Crippen LogP contribution in [-0.4, -0.2) is 43.2 Å². The van der Waals surface area contributed by atoms with Gasteiger partial charge < -0.3 is 14.9 Å². The van der Waals surface area contributed by atoms with Gasteiger partial charge in [0.15, 0.2) is 17.2 Å². The summed E-state index contributed by atoms with van der Waals surface area (Å²) in [6.45, 7) is 10.8. The second kappa shape index (κ2) is 8.75. The number of hydrogen-bond donors (Lipinski definition) is 2. The molecule has 1 aliphatic heterocycles. The summed E-state index contributed by atoms with van der Waals surface area (Å²) in [7, 11) is 0. The zero-order chi connectivity index (χ0) is 24.9. The Morgan fingerprint density at radius 1 is 1.15 bits per heavy atom. The van der Waals surface area contributed by atoms with Crippen molar-refractivity contribution in [2.24, 2.45) is 0 Å². The number of rotatable bonds is 0. The molecule has 2 aliphatic rings. The van der Waals surface area contributed by atoms with Crippen LogP contribution in [0, 0.1) is 0 Å². The number of alkyl halides is 2. The summed E-state index contributed by atoms with van der Waals surface area (Å²) in [5.74, 6) is -1.65. The third kappa shape index (κ3) is 4.48. The highest BCUT2D eigenvalue weighted by Gasteiger charge is 2.61.